The maximum Gasteiger partial charge on any atom is 0.343 e. The molecule has 3 rings (SSSR count). The minimum absolute atomic E-state index is 0.232. The second-order valence-corrected chi connectivity index (χ2v) is 5.84. The molecule has 0 unspecified atom stereocenters. The summed E-state index contributed by atoms with van der Waals surface area (Å²) >= 11 is 0. The molecule has 0 atom stereocenters. The smallest absolute Gasteiger partial charge is 0.343 e. The number of nitrogens with two attached hydrogens (primary N) is 1. The summed E-state index contributed by atoms with van der Waals surface area (Å²) in [5.74, 6) is -0.232. The number of pyridine rings is 1. The van der Waals surface area contributed by atoms with Gasteiger partial charge in [-0.25, -0.2) is 4.79 Å². The van der Waals surface area contributed by atoms with Crippen molar-refractivity contribution in [1.82, 2.24) is 14.8 Å². The number of esters is 1. The van der Waals surface area contributed by atoms with Crippen molar-refractivity contribution in [3.8, 4) is 0 Å². The van der Waals surface area contributed by atoms with Crippen molar-refractivity contribution in [2.24, 2.45) is 0 Å². The molecule has 0 aliphatic carbocycles. The fourth-order valence-corrected chi connectivity index (χ4v) is 2.31. The highest BCUT2D eigenvalue weighted by Crippen LogP contribution is 2.29. The lowest BCUT2D eigenvalue weighted by molar-refractivity contribution is 0.00726. The van der Waals surface area contributed by atoms with E-state index >= 15 is 0 Å². The average Bonchev–Trinajstić information content (AvgIpc) is 2.86. The number of hydrogen-bond acceptors (Lipinski definition) is 5. The number of aromatic nitrogens is 3. The van der Waals surface area contributed by atoms with Crippen LogP contribution in [0.1, 0.15) is 31.1 Å². The van der Waals surface area contributed by atoms with Crippen LogP contribution in [0.5, 0.6) is 0 Å². The zero-order valence-corrected chi connectivity index (χ0v) is 12.1. The first-order valence-corrected chi connectivity index (χ1v) is 6.62. The summed E-state index contributed by atoms with van der Waals surface area (Å²) in [6.45, 7) is 5.45. The highest BCUT2D eigenvalue weighted by atomic mass is 16.6. The van der Waals surface area contributed by atoms with Gasteiger partial charge in [0.1, 0.15) is 17.0 Å². The van der Waals surface area contributed by atoms with E-state index in [-0.39, 0.29) is 5.82 Å². The minimum Gasteiger partial charge on any atom is -0.456 e. The van der Waals surface area contributed by atoms with Crippen molar-refractivity contribution in [1.29, 1.82) is 0 Å². The van der Waals surface area contributed by atoms with Gasteiger partial charge in [-0.05, 0) is 20.8 Å². The van der Waals surface area contributed by atoms with Crippen LogP contribution >= 0.6 is 0 Å². The highest BCUT2D eigenvalue weighted by Gasteiger charge is 2.24. The van der Waals surface area contributed by atoms with Crippen LogP contribution in [0.3, 0.4) is 0 Å². The van der Waals surface area contributed by atoms with E-state index in [2.05, 4.69) is 10.3 Å². The standard InChI is InChI=1S/C15H16N4O2/c1-15(2,3)21-14(20)12-10-7-5-4-6-9(10)11-8-17-18-19(11)13(12)16/h4-8H,16H2,1-3H3. The first kappa shape index (κ1) is 13.4. The van der Waals surface area contributed by atoms with Gasteiger partial charge in [0.05, 0.1) is 11.7 Å². The van der Waals surface area contributed by atoms with Gasteiger partial charge in [-0.2, -0.15) is 4.52 Å². The number of rotatable bonds is 1. The number of benzene rings is 1. The van der Waals surface area contributed by atoms with Gasteiger partial charge in [-0.1, -0.05) is 29.5 Å². The Morgan fingerprint density at radius 2 is 1.90 bits per heavy atom. The van der Waals surface area contributed by atoms with Crippen LogP contribution in [0.25, 0.3) is 16.3 Å². The maximum absolute atomic E-state index is 12.5. The third-order valence-electron chi connectivity index (χ3n) is 3.11. The topological polar surface area (TPSA) is 82.5 Å². The first-order valence-electron chi connectivity index (χ1n) is 6.62. The quantitative estimate of drug-likeness (QED) is 0.694. The molecule has 0 saturated heterocycles. The number of hydrogen-bond donors (Lipinski definition) is 1. The summed E-state index contributed by atoms with van der Waals surface area (Å²) in [4.78, 5) is 12.5. The van der Waals surface area contributed by atoms with Crippen molar-refractivity contribution >= 4 is 28.1 Å². The fourth-order valence-electron chi connectivity index (χ4n) is 2.31. The van der Waals surface area contributed by atoms with E-state index in [0.29, 0.717) is 5.56 Å². The van der Waals surface area contributed by atoms with Crippen molar-refractivity contribution in [2.45, 2.75) is 26.4 Å². The Hall–Kier alpha value is -2.63. The Labute approximate surface area is 121 Å². The lowest BCUT2D eigenvalue weighted by atomic mass is 10.0. The number of anilines is 1. The summed E-state index contributed by atoms with van der Waals surface area (Å²) in [5, 5.41) is 9.40. The zero-order valence-electron chi connectivity index (χ0n) is 12.1. The van der Waals surface area contributed by atoms with Crippen LogP contribution in [0.4, 0.5) is 5.82 Å². The normalized spacial score (nSPS) is 12.0. The molecule has 0 bridgehead atoms. The van der Waals surface area contributed by atoms with Gasteiger partial charge in [-0.15, -0.1) is 5.10 Å². The van der Waals surface area contributed by atoms with Gasteiger partial charge < -0.3 is 10.5 Å². The molecule has 3 aromatic rings. The molecular formula is C15H16N4O2. The van der Waals surface area contributed by atoms with Crippen LogP contribution in [0.15, 0.2) is 30.5 Å². The van der Waals surface area contributed by atoms with Gasteiger partial charge in [0.2, 0.25) is 0 Å². The number of fused-ring (bicyclic) bond motifs is 3. The van der Waals surface area contributed by atoms with E-state index in [4.69, 9.17) is 10.5 Å². The molecule has 0 radical (unpaired) electrons. The number of ether oxygens (including phenoxy) is 1. The molecular weight excluding hydrogens is 268 g/mol. The van der Waals surface area contributed by atoms with Gasteiger partial charge in [0.25, 0.3) is 0 Å². The predicted molar refractivity (Wildman–Crippen MR) is 80.1 cm³/mol. The first-order chi connectivity index (χ1) is 9.88. The van der Waals surface area contributed by atoms with E-state index < -0.39 is 11.6 Å². The fraction of sp³-hybridized carbons (Fsp3) is 0.267. The van der Waals surface area contributed by atoms with Crippen LogP contribution in [0, 0.1) is 0 Å². The molecule has 0 amide bonds. The number of carbonyl (C=O) groups excluding carboxylic acids is 1. The molecule has 6 heteroatoms. The third-order valence-corrected chi connectivity index (χ3v) is 3.11. The molecule has 1 aromatic carbocycles. The molecule has 2 heterocycles. The Kier molecular flexibility index (Phi) is 2.83. The number of nitrogen functional groups attached to an aromatic ring is 1. The Bertz CT molecular complexity index is 846. The molecule has 6 nitrogen and oxygen atoms in total. The van der Waals surface area contributed by atoms with Gasteiger partial charge >= 0.3 is 5.97 Å². The Morgan fingerprint density at radius 1 is 1.24 bits per heavy atom. The average molecular weight is 284 g/mol. The molecule has 0 saturated carbocycles. The largest absolute Gasteiger partial charge is 0.456 e. The van der Waals surface area contributed by atoms with Crippen LogP contribution in [-0.4, -0.2) is 26.4 Å². The Morgan fingerprint density at radius 3 is 2.57 bits per heavy atom. The molecule has 2 aromatic heterocycles. The second kappa shape index (κ2) is 4.44. The Balaban J connectivity index is 2.33. The van der Waals surface area contributed by atoms with E-state index in [0.717, 1.165) is 16.3 Å². The predicted octanol–water partition coefficient (Wildman–Crippen LogP) is 2.42. The third kappa shape index (κ3) is 2.18. The number of carbonyl (C=O) groups is 1. The SMILES string of the molecule is CC(C)(C)OC(=O)c1c(N)n2nncc2c2ccccc12. The van der Waals surface area contributed by atoms with Crippen LogP contribution in [-0.2, 0) is 4.74 Å². The number of nitrogens with zero attached hydrogens (tertiary/aromatic N) is 3. The maximum atomic E-state index is 12.5. The highest BCUT2D eigenvalue weighted by molar-refractivity contribution is 6.12. The summed E-state index contributed by atoms with van der Waals surface area (Å²) in [6, 6.07) is 7.50. The van der Waals surface area contributed by atoms with E-state index in [1.807, 2.05) is 45.0 Å². The molecule has 0 aliphatic rings. The van der Waals surface area contributed by atoms with Gasteiger partial charge in [0, 0.05) is 10.8 Å². The van der Waals surface area contributed by atoms with Crippen molar-refractivity contribution in [3.05, 3.63) is 36.0 Å². The lowest BCUT2D eigenvalue weighted by Gasteiger charge is -2.21. The summed E-state index contributed by atoms with van der Waals surface area (Å²) < 4.78 is 6.92. The van der Waals surface area contributed by atoms with E-state index in [1.54, 1.807) is 6.20 Å². The lowest BCUT2D eigenvalue weighted by Crippen LogP contribution is -2.25. The minimum atomic E-state index is -0.595. The van der Waals surface area contributed by atoms with Crippen molar-refractivity contribution < 1.29 is 9.53 Å². The monoisotopic (exact) mass is 284 g/mol. The van der Waals surface area contributed by atoms with Crippen molar-refractivity contribution in [3.63, 3.8) is 0 Å². The summed E-state index contributed by atoms with van der Waals surface area (Å²) in [6.07, 6.45) is 1.62. The van der Waals surface area contributed by atoms with E-state index in [1.165, 1.54) is 4.52 Å². The zero-order chi connectivity index (χ0) is 15.2. The molecule has 0 fully saturated rings. The summed E-state index contributed by atoms with van der Waals surface area (Å²) in [7, 11) is 0. The molecule has 2 N–H and O–H groups in total. The summed E-state index contributed by atoms with van der Waals surface area (Å²) in [5.41, 5.74) is 6.59. The molecule has 0 aliphatic heterocycles. The second-order valence-electron chi connectivity index (χ2n) is 5.84. The van der Waals surface area contributed by atoms with Crippen LogP contribution < -0.4 is 5.73 Å². The molecule has 21 heavy (non-hydrogen) atoms. The molecule has 108 valence electrons. The van der Waals surface area contributed by atoms with Crippen LogP contribution in [0.2, 0.25) is 0 Å². The van der Waals surface area contributed by atoms with Gasteiger partial charge in [0.15, 0.2) is 0 Å². The van der Waals surface area contributed by atoms with Gasteiger partial charge in [-0.3, -0.25) is 0 Å². The van der Waals surface area contributed by atoms with E-state index in [9.17, 15) is 4.79 Å². The molecule has 0 spiro atoms. The van der Waals surface area contributed by atoms with Crippen molar-refractivity contribution in [2.75, 3.05) is 5.73 Å².